The van der Waals surface area contributed by atoms with E-state index in [0.717, 1.165) is 39.1 Å². The van der Waals surface area contributed by atoms with Crippen molar-refractivity contribution < 1.29 is 4.74 Å². The highest BCUT2D eigenvalue weighted by Gasteiger charge is 1.88. The number of unbranched alkanes of at least 4 members (excludes halogenated alkanes) is 1. The summed E-state index contributed by atoms with van der Waals surface area (Å²) in [5, 5.41) is 3.33. The van der Waals surface area contributed by atoms with Crippen molar-refractivity contribution in [3.63, 3.8) is 0 Å². The second-order valence-electron chi connectivity index (χ2n) is 3.15. The Bertz CT molecular complexity index is 104. The molecule has 0 heterocycles. The van der Waals surface area contributed by atoms with Crippen LogP contribution >= 0.6 is 0 Å². The Kier molecular flexibility index (Phi) is 11.4. The average Bonchev–Trinajstić information content (AvgIpc) is 2.16. The molecule has 0 aromatic carbocycles. The van der Waals surface area contributed by atoms with Crippen LogP contribution in [-0.2, 0) is 4.74 Å². The molecule has 0 aromatic rings. The van der Waals surface area contributed by atoms with Gasteiger partial charge in [-0.05, 0) is 32.4 Å². The van der Waals surface area contributed by atoms with Crippen LogP contribution in [0.5, 0.6) is 0 Å². The van der Waals surface area contributed by atoms with E-state index in [1.165, 1.54) is 12.8 Å². The zero-order valence-corrected chi connectivity index (χ0v) is 8.85. The van der Waals surface area contributed by atoms with Crippen LogP contribution in [0, 0.1) is 0 Å². The zero-order chi connectivity index (χ0) is 9.78. The monoisotopic (exact) mass is 185 g/mol. The molecular formula is C11H23NO. The molecule has 0 bridgehead atoms. The molecule has 2 heteroatoms. The van der Waals surface area contributed by atoms with Gasteiger partial charge in [0.05, 0.1) is 0 Å². The van der Waals surface area contributed by atoms with Gasteiger partial charge in [0, 0.05) is 13.2 Å². The predicted molar refractivity (Wildman–Crippen MR) is 58.0 cm³/mol. The molecule has 78 valence electrons. The van der Waals surface area contributed by atoms with Crippen LogP contribution in [0.3, 0.4) is 0 Å². The number of rotatable bonds is 10. The van der Waals surface area contributed by atoms with Gasteiger partial charge < -0.3 is 10.1 Å². The molecule has 0 radical (unpaired) electrons. The van der Waals surface area contributed by atoms with Gasteiger partial charge in [-0.3, -0.25) is 0 Å². The summed E-state index contributed by atoms with van der Waals surface area (Å²) in [7, 11) is 0. The van der Waals surface area contributed by atoms with Crippen molar-refractivity contribution in [1.82, 2.24) is 5.32 Å². The number of ether oxygens (including phenoxy) is 1. The van der Waals surface area contributed by atoms with Crippen molar-refractivity contribution in [2.75, 3.05) is 26.3 Å². The van der Waals surface area contributed by atoms with Crippen molar-refractivity contribution in [3.05, 3.63) is 12.7 Å². The predicted octanol–water partition coefficient (Wildman–Crippen LogP) is 2.36. The lowest BCUT2D eigenvalue weighted by Gasteiger charge is -2.04. The summed E-state index contributed by atoms with van der Waals surface area (Å²) in [5.41, 5.74) is 0. The van der Waals surface area contributed by atoms with Crippen LogP contribution < -0.4 is 5.32 Å². The summed E-state index contributed by atoms with van der Waals surface area (Å²) >= 11 is 0. The van der Waals surface area contributed by atoms with Gasteiger partial charge in [-0.2, -0.15) is 0 Å². The van der Waals surface area contributed by atoms with Crippen LogP contribution in [0.4, 0.5) is 0 Å². The van der Waals surface area contributed by atoms with Gasteiger partial charge in [0.1, 0.15) is 0 Å². The Balaban J connectivity index is 2.79. The quantitative estimate of drug-likeness (QED) is 0.417. The molecule has 0 aliphatic carbocycles. The van der Waals surface area contributed by atoms with E-state index in [9.17, 15) is 0 Å². The lowest BCUT2D eigenvalue weighted by atomic mass is 10.3. The molecule has 0 saturated heterocycles. The molecule has 1 N–H and O–H groups in total. The first-order chi connectivity index (χ1) is 6.41. The summed E-state index contributed by atoms with van der Waals surface area (Å²) in [6.07, 6.45) is 6.50. The molecular weight excluding hydrogens is 162 g/mol. The van der Waals surface area contributed by atoms with E-state index in [-0.39, 0.29) is 0 Å². The molecule has 0 rings (SSSR count). The highest BCUT2D eigenvalue weighted by molar-refractivity contribution is 4.67. The Morgan fingerprint density at radius 3 is 2.69 bits per heavy atom. The average molecular weight is 185 g/mol. The van der Waals surface area contributed by atoms with Crippen LogP contribution in [0.1, 0.15) is 32.6 Å². The first-order valence-electron chi connectivity index (χ1n) is 5.31. The van der Waals surface area contributed by atoms with E-state index in [2.05, 4.69) is 18.8 Å². The van der Waals surface area contributed by atoms with Gasteiger partial charge in [-0.1, -0.05) is 19.4 Å². The fourth-order valence-corrected chi connectivity index (χ4v) is 0.977. The maximum atomic E-state index is 5.42. The first-order valence-corrected chi connectivity index (χ1v) is 5.31. The summed E-state index contributed by atoms with van der Waals surface area (Å²) in [6.45, 7) is 9.75. The maximum Gasteiger partial charge on any atom is 0.0478 e. The third kappa shape index (κ3) is 11.7. The van der Waals surface area contributed by atoms with Crippen LogP contribution in [0.2, 0.25) is 0 Å². The van der Waals surface area contributed by atoms with Crippen LogP contribution in [0.25, 0.3) is 0 Å². The smallest absolute Gasteiger partial charge is 0.0478 e. The van der Waals surface area contributed by atoms with Gasteiger partial charge in [0.25, 0.3) is 0 Å². The molecule has 0 aliphatic heterocycles. The summed E-state index contributed by atoms with van der Waals surface area (Å²) < 4.78 is 5.42. The van der Waals surface area contributed by atoms with Gasteiger partial charge in [-0.25, -0.2) is 0 Å². The molecule has 13 heavy (non-hydrogen) atoms. The van der Waals surface area contributed by atoms with E-state index in [1.807, 2.05) is 6.08 Å². The topological polar surface area (TPSA) is 21.3 Å². The Morgan fingerprint density at radius 1 is 1.23 bits per heavy atom. The minimum Gasteiger partial charge on any atom is -0.381 e. The minimum atomic E-state index is 0.890. The molecule has 0 atom stereocenters. The largest absolute Gasteiger partial charge is 0.381 e. The van der Waals surface area contributed by atoms with Gasteiger partial charge >= 0.3 is 0 Å². The highest BCUT2D eigenvalue weighted by Crippen LogP contribution is 1.89. The lowest BCUT2D eigenvalue weighted by Crippen LogP contribution is -2.17. The van der Waals surface area contributed by atoms with E-state index in [1.54, 1.807) is 0 Å². The van der Waals surface area contributed by atoms with Crippen molar-refractivity contribution in [2.24, 2.45) is 0 Å². The standard InChI is InChI=1S/C11H23NO/c1-3-5-8-12-9-7-11-13-10-6-4-2/h3,12H,1,4-11H2,2H3. The lowest BCUT2D eigenvalue weighted by molar-refractivity contribution is 0.129. The highest BCUT2D eigenvalue weighted by atomic mass is 16.5. The molecule has 0 aromatic heterocycles. The van der Waals surface area contributed by atoms with E-state index in [0.29, 0.717) is 0 Å². The van der Waals surface area contributed by atoms with Crippen molar-refractivity contribution >= 4 is 0 Å². The third-order valence-electron chi connectivity index (χ3n) is 1.81. The zero-order valence-electron chi connectivity index (χ0n) is 8.85. The molecule has 0 spiro atoms. The number of hydrogen-bond donors (Lipinski definition) is 1. The summed E-state index contributed by atoms with van der Waals surface area (Å²) in [5.74, 6) is 0. The molecule has 0 unspecified atom stereocenters. The Morgan fingerprint density at radius 2 is 2.00 bits per heavy atom. The third-order valence-corrected chi connectivity index (χ3v) is 1.81. The molecule has 0 saturated carbocycles. The number of hydrogen-bond acceptors (Lipinski definition) is 2. The van der Waals surface area contributed by atoms with Crippen molar-refractivity contribution in [2.45, 2.75) is 32.6 Å². The first kappa shape index (κ1) is 12.7. The molecule has 0 fully saturated rings. The van der Waals surface area contributed by atoms with Gasteiger partial charge in [-0.15, -0.1) is 6.58 Å². The fraction of sp³-hybridized carbons (Fsp3) is 0.818. The SMILES string of the molecule is C=CCCNCCCOCCCC. The van der Waals surface area contributed by atoms with Gasteiger partial charge in [0.15, 0.2) is 0 Å². The summed E-state index contributed by atoms with van der Waals surface area (Å²) in [6, 6.07) is 0. The maximum absolute atomic E-state index is 5.42. The van der Waals surface area contributed by atoms with Crippen LogP contribution in [-0.4, -0.2) is 26.3 Å². The van der Waals surface area contributed by atoms with Gasteiger partial charge in [0.2, 0.25) is 0 Å². The van der Waals surface area contributed by atoms with Crippen molar-refractivity contribution in [1.29, 1.82) is 0 Å². The fourth-order valence-electron chi connectivity index (χ4n) is 0.977. The summed E-state index contributed by atoms with van der Waals surface area (Å²) in [4.78, 5) is 0. The second-order valence-corrected chi connectivity index (χ2v) is 3.15. The molecule has 0 amide bonds. The van der Waals surface area contributed by atoms with E-state index in [4.69, 9.17) is 4.74 Å². The normalized spacial score (nSPS) is 10.2. The minimum absolute atomic E-state index is 0.890. The number of nitrogens with one attached hydrogen (secondary N) is 1. The van der Waals surface area contributed by atoms with Crippen molar-refractivity contribution in [3.8, 4) is 0 Å². The van der Waals surface area contributed by atoms with E-state index >= 15 is 0 Å². The Labute approximate surface area is 82.4 Å². The molecule has 0 aliphatic rings. The van der Waals surface area contributed by atoms with Crippen LogP contribution in [0.15, 0.2) is 12.7 Å². The van der Waals surface area contributed by atoms with E-state index < -0.39 is 0 Å². The Hall–Kier alpha value is -0.340. The molecule has 2 nitrogen and oxygen atoms in total. The second kappa shape index (κ2) is 11.7.